The molecule has 1 aliphatic heterocycles. The van der Waals surface area contributed by atoms with Crippen LogP contribution in [0.2, 0.25) is 0 Å². The highest BCUT2D eigenvalue weighted by atomic mass is 32.2. The maximum atomic E-state index is 13.0. The molecule has 1 amide bonds. The van der Waals surface area contributed by atoms with Crippen LogP contribution in [0.25, 0.3) is 0 Å². The Labute approximate surface area is 177 Å². The van der Waals surface area contributed by atoms with Crippen LogP contribution in [0, 0.1) is 5.82 Å². The molecule has 1 fully saturated rings. The molecule has 2 aromatic rings. The van der Waals surface area contributed by atoms with Gasteiger partial charge in [0.1, 0.15) is 5.82 Å². The molecular formula is C22H28FN3O3S. The van der Waals surface area contributed by atoms with Gasteiger partial charge in [-0.05, 0) is 49.6 Å². The number of nitrogens with one attached hydrogen (secondary N) is 1. The van der Waals surface area contributed by atoms with Crippen LogP contribution < -0.4 is 4.72 Å². The summed E-state index contributed by atoms with van der Waals surface area (Å²) in [6, 6.07) is 14.5. The topological polar surface area (TPSA) is 69.7 Å². The van der Waals surface area contributed by atoms with Gasteiger partial charge in [0.25, 0.3) is 0 Å². The summed E-state index contributed by atoms with van der Waals surface area (Å²) >= 11 is 0. The molecule has 3 rings (SSSR count). The second kappa shape index (κ2) is 9.68. The van der Waals surface area contributed by atoms with E-state index in [4.69, 9.17) is 0 Å². The van der Waals surface area contributed by atoms with Crippen LogP contribution in [0.5, 0.6) is 0 Å². The summed E-state index contributed by atoms with van der Waals surface area (Å²) in [7, 11) is -1.87. The standard InChI is InChI=1S/C22H28FN3O3S/c1-17(18-6-4-3-5-7-18)25(2)22(27)16-26-14-12-20(13-15-26)24-30(28,29)21-10-8-19(23)9-11-21/h3-11,17,20,24H,12-16H2,1-2H3. The van der Waals surface area contributed by atoms with E-state index < -0.39 is 15.8 Å². The summed E-state index contributed by atoms with van der Waals surface area (Å²) in [5, 5.41) is 0. The molecule has 0 aromatic heterocycles. The van der Waals surface area contributed by atoms with Crippen molar-refractivity contribution in [1.82, 2.24) is 14.5 Å². The Kier molecular flexibility index (Phi) is 7.23. The quantitative estimate of drug-likeness (QED) is 0.729. The van der Waals surface area contributed by atoms with Crippen molar-refractivity contribution in [1.29, 1.82) is 0 Å². The molecule has 0 spiro atoms. The van der Waals surface area contributed by atoms with E-state index in [1.165, 1.54) is 12.1 Å². The van der Waals surface area contributed by atoms with Crippen LogP contribution in [0.1, 0.15) is 31.4 Å². The van der Waals surface area contributed by atoms with Crippen molar-refractivity contribution in [3.8, 4) is 0 Å². The number of sulfonamides is 1. The maximum Gasteiger partial charge on any atom is 0.240 e. The van der Waals surface area contributed by atoms with Gasteiger partial charge >= 0.3 is 0 Å². The lowest BCUT2D eigenvalue weighted by atomic mass is 10.1. The number of carbonyl (C=O) groups is 1. The van der Waals surface area contributed by atoms with Gasteiger partial charge in [0.05, 0.1) is 17.5 Å². The van der Waals surface area contributed by atoms with Gasteiger partial charge in [0.15, 0.2) is 0 Å². The van der Waals surface area contributed by atoms with Gasteiger partial charge in [-0.2, -0.15) is 0 Å². The Morgan fingerprint density at radius 3 is 2.33 bits per heavy atom. The lowest BCUT2D eigenvalue weighted by molar-refractivity contribution is -0.133. The minimum atomic E-state index is -3.68. The number of benzene rings is 2. The zero-order chi connectivity index (χ0) is 21.7. The van der Waals surface area contributed by atoms with Crippen LogP contribution in [0.3, 0.4) is 0 Å². The van der Waals surface area contributed by atoms with Gasteiger partial charge in [-0.3, -0.25) is 9.69 Å². The number of carbonyl (C=O) groups excluding carboxylic acids is 1. The van der Waals surface area contributed by atoms with E-state index in [-0.39, 0.29) is 22.9 Å². The third kappa shape index (κ3) is 5.65. The number of piperidine rings is 1. The smallest absolute Gasteiger partial charge is 0.240 e. The third-order valence-corrected chi connectivity index (χ3v) is 7.18. The molecule has 1 unspecified atom stereocenters. The predicted molar refractivity (Wildman–Crippen MR) is 114 cm³/mol. The second-order valence-electron chi connectivity index (χ2n) is 7.72. The zero-order valence-corrected chi connectivity index (χ0v) is 18.1. The van der Waals surface area contributed by atoms with Gasteiger partial charge in [-0.15, -0.1) is 0 Å². The molecule has 1 N–H and O–H groups in total. The minimum Gasteiger partial charge on any atom is -0.338 e. The summed E-state index contributed by atoms with van der Waals surface area (Å²) in [4.78, 5) is 16.5. The van der Waals surface area contributed by atoms with Gasteiger partial charge < -0.3 is 4.90 Å². The molecule has 0 bridgehead atoms. The van der Waals surface area contributed by atoms with Crippen molar-refractivity contribution in [3.63, 3.8) is 0 Å². The number of likely N-dealkylation sites (N-methyl/N-ethyl adjacent to an activating group) is 1. The average Bonchev–Trinajstić information content (AvgIpc) is 2.74. The Morgan fingerprint density at radius 2 is 1.73 bits per heavy atom. The number of likely N-dealkylation sites (tertiary alicyclic amines) is 1. The Morgan fingerprint density at radius 1 is 1.13 bits per heavy atom. The second-order valence-corrected chi connectivity index (χ2v) is 9.43. The van der Waals surface area contributed by atoms with E-state index in [0.717, 1.165) is 17.7 Å². The first kappa shape index (κ1) is 22.4. The summed E-state index contributed by atoms with van der Waals surface area (Å²) in [6.45, 7) is 3.58. The summed E-state index contributed by atoms with van der Waals surface area (Å²) in [5.41, 5.74) is 1.09. The molecule has 2 aromatic carbocycles. The molecule has 162 valence electrons. The van der Waals surface area contributed by atoms with E-state index in [2.05, 4.69) is 9.62 Å². The largest absolute Gasteiger partial charge is 0.338 e. The molecule has 0 aliphatic carbocycles. The maximum absolute atomic E-state index is 13.0. The number of halogens is 1. The molecule has 1 aliphatic rings. The number of hydrogen-bond donors (Lipinski definition) is 1. The van der Waals surface area contributed by atoms with E-state index in [9.17, 15) is 17.6 Å². The van der Waals surface area contributed by atoms with E-state index in [1.807, 2.05) is 44.3 Å². The molecule has 1 saturated heterocycles. The third-order valence-electron chi connectivity index (χ3n) is 5.65. The van der Waals surface area contributed by atoms with Crippen LogP contribution in [0.4, 0.5) is 4.39 Å². The summed E-state index contributed by atoms with van der Waals surface area (Å²) in [6.07, 6.45) is 1.23. The minimum absolute atomic E-state index is 0.0150. The molecule has 0 radical (unpaired) electrons. The van der Waals surface area contributed by atoms with Gasteiger partial charge in [-0.25, -0.2) is 17.5 Å². The van der Waals surface area contributed by atoms with Crippen LogP contribution in [-0.2, 0) is 14.8 Å². The van der Waals surface area contributed by atoms with E-state index in [1.54, 1.807) is 4.90 Å². The van der Waals surface area contributed by atoms with Crippen molar-refractivity contribution >= 4 is 15.9 Å². The monoisotopic (exact) mass is 433 g/mol. The first-order valence-electron chi connectivity index (χ1n) is 10.1. The predicted octanol–water partition coefficient (Wildman–Crippen LogP) is 2.79. The number of nitrogens with zero attached hydrogens (tertiary/aromatic N) is 2. The fourth-order valence-electron chi connectivity index (χ4n) is 3.58. The highest BCUT2D eigenvalue weighted by molar-refractivity contribution is 7.89. The van der Waals surface area contributed by atoms with E-state index in [0.29, 0.717) is 32.5 Å². The summed E-state index contributed by atoms with van der Waals surface area (Å²) in [5.74, 6) is -0.435. The SMILES string of the molecule is CC(c1ccccc1)N(C)C(=O)CN1CCC(NS(=O)(=O)c2ccc(F)cc2)CC1. The fraction of sp³-hybridized carbons (Fsp3) is 0.409. The molecular weight excluding hydrogens is 405 g/mol. The molecule has 8 heteroatoms. The van der Waals surface area contributed by atoms with Crippen LogP contribution in [0.15, 0.2) is 59.5 Å². The van der Waals surface area contributed by atoms with Crippen molar-refractivity contribution in [2.75, 3.05) is 26.7 Å². The lowest BCUT2D eigenvalue weighted by Crippen LogP contribution is -2.47. The summed E-state index contributed by atoms with van der Waals surface area (Å²) < 4.78 is 40.7. The Balaban J connectivity index is 1.49. The van der Waals surface area contributed by atoms with Gasteiger partial charge in [-0.1, -0.05) is 30.3 Å². The zero-order valence-electron chi connectivity index (χ0n) is 17.3. The van der Waals surface area contributed by atoms with Gasteiger partial charge in [0.2, 0.25) is 15.9 Å². The van der Waals surface area contributed by atoms with Crippen molar-refractivity contribution in [2.24, 2.45) is 0 Å². The number of rotatable bonds is 7. The van der Waals surface area contributed by atoms with Gasteiger partial charge in [0, 0.05) is 26.2 Å². The molecule has 0 saturated carbocycles. The van der Waals surface area contributed by atoms with Crippen LogP contribution >= 0.6 is 0 Å². The molecule has 30 heavy (non-hydrogen) atoms. The number of amides is 1. The average molecular weight is 434 g/mol. The normalized spacial score (nSPS) is 16.9. The van der Waals surface area contributed by atoms with Crippen molar-refractivity contribution < 1.29 is 17.6 Å². The Bertz CT molecular complexity index is 943. The van der Waals surface area contributed by atoms with Crippen molar-refractivity contribution in [2.45, 2.75) is 36.7 Å². The molecule has 6 nitrogen and oxygen atoms in total. The highest BCUT2D eigenvalue weighted by Gasteiger charge is 2.27. The fourth-order valence-corrected chi connectivity index (χ4v) is 4.89. The number of hydrogen-bond acceptors (Lipinski definition) is 4. The van der Waals surface area contributed by atoms with E-state index >= 15 is 0 Å². The van der Waals surface area contributed by atoms with Crippen LogP contribution in [-0.4, -0.2) is 56.8 Å². The highest BCUT2D eigenvalue weighted by Crippen LogP contribution is 2.20. The first-order valence-corrected chi connectivity index (χ1v) is 11.6. The molecule has 1 atom stereocenters. The first-order chi connectivity index (χ1) is 14.3. The lowest BCUT2D eigenvalue weighted by Gasteiger charge is -2.34. The molecule has 1 heterocycles. The Hall–Kier alpha value is -2.29. The van der Waals surface area contributed by atoms with Crippen molar-refractivity contribution in [3.05, 3.63) is 66.0 Å².